The Balaban J connectivity index is 2.14. The monoisotopic (exact) mass is 248 g/mol. The van der Waals surface area contributed by atoms with Gasteiger partial charge in [-0.05, 0) is 42.0 Å². The zero-order chi connectivity index (χ0) is 13.0. The van der Waals surface area contributed by atoms with E-state index in [1.807, 2.05) is 5.01 Å². The van der Waals surface area contributed by atoms with Crippen LogP contribution in [-0.4, -0.2) is 7.05 Å². The lowest BCUT2D eigenvalue weighted by molar-refractivity contribution is 0.623. The second-order valence-corrected chi connectivity index (χ2v) is 3.91. The van der Waals surface area contributed by atoms with Gasteiger partial charge < -0.3 is 5.01 Å². The normalized spacial score (nSPS) is 10.4. The van der Waals surface area contributed by atoms with Crippen LogP contribution in [0.2, 0.25) is 0 Å². The number of hydrogen-bond donors (Lipinski definition) is 1. The molecule has 2 aromatic rings. The van der Waals surface area contributed by atoms with Crippen molar-refractivity contribution in [2.75, 3.05) is 12.1 Å². The number of halogens is 2. The third kappa shape index (κ3) is 3.05. The van der Waals surface area contributed by atoms with Crippen LogP contribution < -0.4 is 10.4 Å². The van der Waals surface area contributed by atoms with Crippen molar-refractivity contribution in [3.8, 4) is 0 Å². The number of anilines is 1. The van der Waals surface area contributed by atoms with Crippen molar-refractivity contribution in [3.05, 3.63) is 65.7 Å². The van der Waals surface area contributed by atoms with E-state index in [4.69, 9.17) is 0 Å². The lowest BCUT2D eigenvalue weighted by Crippen LogP contribution is -2.34. The lowest BCUT2D eigenvalue weighted by Gasteiger charge is -2.23. The maximum absolute atomic E-state index is 12.8. The van der Waals surface area contributed by atoms with Crippen molar-refractivity contribution in [3.63, 3.8) is 0 Å². The summed E-state index contributed by atoms with van der Waals surface area (Å²) >= 11 is 0. The van der Waals surface area contributed by atoms with Crippen molar-refractivity contribution in [2.45, 2.75) is 6.54 Å². The molecule has 0 aliphatic rings. The Morgan fingerprint density at radius 2 is 1.39 bits per heavy atom. The first kappa shape index (κ1) is 12.5. The molecule has 94 valence electrons. The van der Waals surface area contributed by atoms with Crippen LogP contribution in [0.25, 0.3) is 0 Å². The Hall–Kier alpha value is -1.94. The van der Waals surface area contributed by atoms with E-state index in [1.54, 1.807) is 31.3 Å². The Morgan fingerprint density at radius 1 is 0.889 bits per heavy atom. The lowest BCUT2D eigenvalue weighted by atomic mass is 10.2. The molecule has 4 heteroatoms. The van der Waals surface area contributed by atoms with Gasteiger partial charge in [0, 0.05) is 7.05 Å². The van der Waals surface area contributed by atoms with Gasteiger partial charge >= 0.3 is 0 Å². The molecule has 0 fully saturated rings. The second kappa shape index (κ2) is 5.60. The molecule has 0 aliphatic carbocycles. The average Bonchev–Trinajstić information content (AvgIpc) is 2.39. The van der Waals surface area contributed by atoms with Gasteiger partial charge in [0.15, 0.2) is 0 Å². The highest BCUT2D eigenvalue weighted by Gasteiger charge is 2.05. The van der Waals surface area contributed by atoms with E-state index >= 15 is 0 Å². The van der Waals surface area contributed by atoms with Gasteiger partial charge in [0.2, 0.25) is 0 Å². The van der Waals surface area contributed by atoms with Crippen LogP contribution in [0.3, 0.4) is 0 Å². The standard InChI is InChI=1S/C14H14F2N2/c1-17-18(14-8-6-13(16)7-9-14)10-11-2-4-12(15)5-3-11/h2-9,17H,10H2,1H3. The van der Waals surface area contributed by atoms with Crippen molar-refractivity contribution in [2.24, 2.45) is 0 Å². The number of benzene rings is 2. The van der Waals surface area contributed by atoms with Crippen molar-refractivity contribution in [1.82, 2.24) is 5.43 Å². The summed E-state index contributed by atoms with van der Waals surface area (Å²) in [7, 11) is 1.78. The molecule has 0 radical (unpaired) electrons. The maximum Gasteiger partial charge on any atom is 0.123 e. The minimum absolute atomic E-state index is 0.253. The summed E-state index contributed by atoms with van der Waals surface area (Å²) < 4.78 is 25.6. The van der Waals surface area contributed by atoms with Gasteiger partial charge in [0.25, 0.3) is 0 Å². The zero-order valence-electron chi connectivity index (χ0n) is 10.0. The van der Waals surface area contributed by atoms with Crippen LogP contribution in [0, 0.1) is 11.6 Å². The third-order valence-corrected chi connectivity index (χ3v) is 2.66. The molecule has 0 spiro atoms. The summed E-state index contributed by atoms with van der Waals surface area (Å²) in [5.41, 5.74) is 4.84. The molecule has 0 saturated heterocycles. The summed E-state index contributed by atoms with van der Waals surface area (Å²) in [5, 5.41) is 1.85. The van der Waals surface area contributed by atoms with E-state index in [9.17, 15) is 8.78 Å². The van der Waals surface area contributed by atoms with Gasteiger partial charge in [-0.1, -0.05) is 12.1 Å². The highest BCUT2D eigenvalue weighted by atomic mass is 19.1. The molecule has 0 saturated carbocycles. The van der Waals surface area contributed by atoms with Crippen LogP contribution in [0.4, 0.5) is 14.5 Å². The topological polar surface area (TPSA) is 15.3 Å². The van der Waals surface area contributed by atoms with Crippen LogP contribution in [0.5, 0.6) is 0 Å². The molecule has 2 nitrogen and oxygen atoms in total. The fourth-order valence-corrected chi connectivity index (χ4v) is 1.69. The zero-order valence-corrected chi connectivity index (χ0v) is 10.0. The van der Waals surface area contributed by atoms with Gasteiger partial charge in [-0.15, -0.1) is 0 Å². The molecular formula is C14H14F2N2. The highest BCUT2D eigenvalue weighted by molar-refractivity contribution is 5.45. The number of rotatable bonds is 4. The maximum atomic E-state index is 12.8. The largest absolute Gasteiger partial charge is 0.304 e. The van der Waals surface area contributed by atoms with Crippen molar-refractivity contribution >= 4 is 5.69 Å². The molecule has 0 atom stereocenters. The Kier molecular flexibility index (Phi) is 3.89. The molecule has 0 aliphatic heterocycles. The highest BCUT2D eigenvalue weighted by Crippen LogP contribution is 2.15. The van der Waals surface area contributed by atoms with E-state index in [2.05, 4.69) is 5.43 Å². The van der Waals surface area contributed by atoms with E-state index in [-0.39, 0.29) is 11.6 Å². The average molecular weight is 248 g/mol. The summed E-state index contributed by atoms with van der Waals surface area (Å²) in [4.78, 5) is 0. The molecular weight excluding hydrogens is 234 g/mol. The van der Waals surface area contributed by atoms with Crippen LogP contribution in [-0.2, 0) is 6.54 Å². The van der Waals surface area contributed by atoms with Gasteiger partial charge in [-0.25, -0.2) is 14.2 Å². The number of hydrazine groups is 1. The minimum Gasteiger partial charge on any atom is -0.304 e. The van der Waals surface area contributed by atoms with E-state index in [1.165, 1.54) is 24.3 Å². The number of hydrogen-bond acceptors (Lipinski definition) is 2. The quantitative estimate of drug-likeness (QED) is 0.836. The molecule has 1 N–H and O–H groups in total. The van der Waals surface area contributed by atoms with E-state index in [0.29, 0.717) is 6.54 Å². The first-order valence-electron chi connectivity index (χ1n) is 5.64. The van der Waals surface area contributed by atoms with Gasteiger partial charge in [0.1, 0.15) is 11.6 Å². The van der Waals surface area contributed by atoms with Crippen molar-refractivity contribution < 1.29 is 8.78 Å². The molecule has 0 aromatic heterocycles. The number of nitrogens with zero attached hydrogens (tertiary/aromatic N) is 1. The third-order valence-electron chi connectivity index (χ3n) is 2.66. The van der Waals surface area contributed by atoms with E-state index < -0.39 is 0 Å². The van der Waals surface area contributed by atoms with Crippen LogP contribution >= 0.6 is 0 Å². The smallest absolute Gasteiger partial charge is 0.123 e. The van der Waals surface area contributed by atoms with Gasteiger partial charge in [-0.3, -0.25) is 0 Å². The molecule has 2 aromatic carbocycles. The molecule has 18 heavy (non-hydrogen) atoms. The van der Waals surface area contributed by atoms with Gasteiger partial charge in [0.05, 0.1) is 12.2 Å². The molecule has 0 amide bonds. The summed E-state index contributed by atoms with van der Waals surface area (Å²) in [6.45, 7) is 0.572. The summed E-state index contributed by atoms with van der Waals surface area (Å²) in [5.74, 6) is -0.520. The SMILES string of the molecule is CNN(Cc1ccc(F)cc1)c1ccc(F)cc1. The van der Waals surface area contributed by atoms with Crippen LogP contribution in [0.1, 0.15) is 5.56 Å². The summed E-state index contributed by atoms with van der Waals surface area (Å²) in [6, 6.07) is 12.5. The molecule has 2 rings (SSSR count). The Bertz CT molecular complexity index is 494. The molecule has 0 unspecified atom stereocenters. The fraction of sp³-hybridized carbons (Fsp3) is 0.143. The molecule has 0 heterocycles. The first-order valence-corrected chi connectivity index (χ1v) is 5.64. The van der Waals surface area contributed by atoms with E-state index in [0.717, 1.165) is 11.3 Å². The minimum atomic E-state index is -0.267. The first-order chi connectivity index (χ1) is 8.69. The fourth-order valence-electron chi connectivity index (χ4n) is 1.69. The Morgan fingerprint density at radius 3 is 1.89 bits per heavy atom. The number of nitrogens with one attached hydrogen (secondary N) is 1. The second-order valence-electron chi connectivity index (χ2n) is 3.91. The summed E-state index contributed by atoms with van der Waals surface area (Å²) in [6.07, 6.45) is 0. The molecule has 0 bridgehead atoms. The van der Waals surface area contributed by atoms with Gasteiger partial charge in [-0.2, -0.15) is 0 Å². The van der Waals surface area contributed by atoms with Crippen molar-refractivity contribution in [1.29, 1.82) is 0 Å². The predicted octanol–water partition coefficient (Wildman–Crippen LogP) is 3.11. The predicted molar refractivity (Wildman–Crippen MR) is 68.0 cm³/mol. The Labute approximate surface area is 105 Å². The van der Waals surface area contributed by atoms with Crippen LogP contribution in [0.15, 0.2) is 48.5 Å².